The number of hydrogen-bond acceptors (Lipinski definition) is 5. The van der Waals surface area contributed by atoms with Crippen molar-refractivity contribution < 1.29 is 13.2 Å². The number of carbonyl (C=O) groups is 1. The van der Waals surface area contributed by atoms with Crippen LogP contribution < -0.4 is 11.1 Å². The maximum Gasteiger partial charge on any atom is 0.241 e. The first-order valence-electron chi connectivity index (χ1n) is 5.70. The van der Waals surface area contributed by atoms with Gasteiger partial charge in [0, 0.05) is 11.9 Å². The van der Waals surface area contributed by atoms with E-state index >= 15 is 0 Å². The van der Waals surface area contributed by atoms with Gasteiger partial charge in [0.2, 0.25) is 5.91 Å². The fraction of sp³-hybridized carbons (Fsp3) is 0.417. The summed E-state index contributed by atoms with van der Waals surface area (Å²) in [6.45, 7) is 0. The van der Waals surface area contributed by atoms with Crippen LogP contribution >= 0.6 is 24.2 Å². The maximum absolute atomic E-state index is 11.8. The molecule has 0 spiro atoms. The average Bonchev–Trinajstić information content (AvgIpc) is 2.35. The summed E-state index contributed by atoms with van der Waals surface area (Å²) in [5.41, 5.74) is 6.17. The standard InChI is InChI=1S/C12H18N2O3S2.ClH/c1-18-7-6-11(13)12(15)14-9-4-3-5-10(8-9)19(2,16)17;/h3-5,8,11H,6-7,13H2,1-2H3,(H,14,15);1H/t11-;/m0./s1. The molecule has 1 aromatic rings. The number of rotatable bonds is 6. The molecule has 5 nitrogen and oxygen atoms in total. The van der Waals surface area contributed by atoms with E-state index < -0.39 is 15.9 Å². The Morgan fingerprint density at radius 1 is 1.45 bits per heavy atom. The van der Waals surface area contributed by atoms with E-state index in [9.17, 15) is 13.2 Å². The number of anilines is 1. The van der Waals surface area contributed by atoms with Crippen LogP contribution in [-0.4, -0.2) is 38.6 Å². The van der Waals surface area contributed by atoms with Crippen molar-refractivity contribution in [2.75, 3.05) is 23.6 Å². The quantitative estimate of drug-likeness (QED) is 0.821. The van der Waals surface area contributed by atoms with E-state index in [1.54, 1.807) is 23.9 Å². The van der Waals surface area contributed by atoms with Gasteiger partial charge in [-0.05, 0) is 36.6 Å². The highest BCUT2D eigenvalue weighted by Gasteiger charge is 2.14. The lowest BCUT2D eigenvalue weighted by atomic mass is 10.2. The van der Waals surface area contributed by atoms with Crippen molar-refractivity contribution in [2.24, 2.45) is 5.73 Å². The van der Waals surface area contributed by atoms with Crippen molar-refractivity contribution >= 4 is 45.6 Å². The summed E-state index contributed by atoms with van der Waals surface area (Å²) >= 11 is 1.62. The number of carbonyl (C=O) groups excluding carboxylic acids is 1. The summed E-state index contributed by atoms with van der Waals surface area (Å²) in [5, 5.41) is 2.63. The SMILES string of the molecule is CSCC[C@H](N)C(=O)Nc1cccc(S(C)(=O)=O)c1.Cl. The van der Waals surface area contributed by atoms with E-state index in [4.69, 9.17) is 5.73 Å². The lowest BCUT2D eigenvalue weighted by molar-refractivity contribution is -0.117. The van der Waals surface area contributed by atoms with E-state index in [2.05, 4.69) is 5.32 Å². The summed E-state index contributed by atoms with van der Waals surface area (Å²) < 4.78 is 22.8. The maximum atomic E-state index is 11.8. The number of benzene rings is 1. The van der Waals surface area contributed by atoms with Gasteiger partial charge in [-0.1, -0.05) is 6.07 Å². The molecular formula is C12H19ClN2O3S2. The molecule has 1 amide bonds. The molecule has 0 bridgehead atoms. The second kappa shape index (κ2) is 8.51. The molecule has 0 aliphatic heterocycles. The molecule has 1 atom stereocenters. The molecule has 0 aromatic heterocycles. The van der Waals surface area contributed by atoms with Crippen LogP contribution in [0.5, 0.6) is 0 Å². The molecule has 0 aliphatic carbocycles. The van der Waals surface area contributed by atoms with Crippen molar-refractivity contribution in [3.05, 3.63) is 24.3 Å². The van der Waals surface area contributed by atoms with Crippen LogP contribution in [0.2, 0.25) is 0 Å². The minimum Gasteiger partial charge on any atom is -0.325 e. The third-order valence-electron chi connectivity index (χ3n) is 2.50. The van der Waals surface area contributed by atoms with Gasteiger partial charge in [-0.3, -0.25) is 4.79 Å². The van der Waals surface area contributed by atoms with Gasteiger partial charge in [0.25, 0.3) is 0 Å². The zero-order chi connectivity index (χ0) is 14.5. The normalized spacial score (nSPS) is 12.3. The highest BCUT2D eigenvalue weighted by atomic mass is 35.5. The molecule has 0 aliphatic rings. The molecule has 1 aromatic carbocycles. The Bertz CT molecular complexity index is 549. The Balaban J connectivity index is 0.00000361. The van der Waals surface area contributed by atoms with E-state index in [0.717, 1.165) is 12.0 Å². The van der Waals surface area contributed by atoms with Crippen LogP contribution in [0.3, 0.4) is 0 Å². The van der Waals surface area contributed by atoms with E-state index in [1.165, 1.54) is 12.1 Å². The molecule has 0 saturated carbocycles. The van der Waals surface area contributed by atoms with E-state index in [-0.39, 0.29) is 23.2 Å². The van der Waals surface area contributed by atoms with Crippen LogP contribution in [0.15, 0.2) is 29.2 Å². The summed E-state index contributed by atoms with van der Waals surface area (Å²) in [7, 11) is -3.28. The first kappa shape index (κ1) is 19.2. The Kier molecular flexibility index (Phi) is 8.19. The first-order chi connectivity index (χ1) is 8.84. The zero-order valence-electron chi connectivity index (χ0n) is 11.3. The average molecular weight is 339 g/mol. The first-order valence-corrected chi connectivity index (χ1v) is 8.98. The fourth-order valence-corrected chi connectivity index (χ4v) is 2.57. The summed E-state index contributed by atoms with van der Waals surface area (Å²) in [4.78, 5) is 12.0. The smallest absolute Gasteiger partial charge is 0.241 e. The summed E-state index contributed by atoms with van der Waals surface area (Å²) in [5.74, 6) is 0.498. The van der Waals surface area contributed by atoms with Gasteiger partial charge in [0.05, 0.1) is 10.9 Å². The minimum atomic E-state index is -3.28. The molecule has 0 unspecified atom stereocenters. The predicted molar refractivity (Wildman–Crippen MR) is 86.4 cm³/mol. The summed E-state index contributed by atoms with van der Waals surface area (Å²) in [6, 6.07) is 5.54. The highest BCUT2D eigenvalue weighted by molar-refractivity contribution is 7.98. The fourth-order valence-electron chi connectivity index (χ4n) is 1.42. The van der Waals surface area contributed by atoms with Gasteiger partial charge in [-0.15, -0.1) is 12.4 Å². The van der Waals surface area contributed by atoms with Gasteiger partial charge in [-0.2, -0.15) is 11.8 Å². The van der Waals surface area contributed by atoms with E-state index in [0.29, 0.717) is 12.1 Å². The number of nitrogens with one attached hydrogen (secondary N) is 1. The predicted octanol–water partition coefficient (Wildman–Crippen LogP) is 1.53. The highest BCUT2D eigenvalue weighted by Crippen LogP contribution is 2.15. The van der Waals surface area contributed by atoms with Crippen LogP contribution in [0, 0.1) is 0 Å². The van der Waals surface area contributed by atoms with Crippen molar-refractivity contribution in [1.29, 1.82) is 0 Å². The molecule has 0 saturated heterocycles. The number of hydrogen-bond donors (Lipinski definition) is 2. The molecule has 8 heteroatoms. The van der Waals surface area contributed by atoms with Crippen molar-refractivity contribution in [1.82, 2.24) is 0 Å². The largest absolute Gasteiger partial charge is 0.325 e. The second-order valence-electron chi connectivity index (χ2n) is 4.18. The van der Waals surface area contributed by atoms with Crippen LogP contribution in [-0.2, 0) is 14.6 Å². The van der Waals surface area contributed by atoms with Crippen molar-refractivity contribution in [3.63, 3.8) is 0 Å². The van der Waals surface area contributed by atoms with Gasteiger partial charge in [0.1, 0.15) is 0 Å². The minimum absolute atomic E-state index is 0. The molecule has 1 rings (SSSR count). The van der Waals surface area contributed by atoms with E-state index in [1.807, 2.05) is 6.26 Å². The monoisotopic (exact) mass is 338 g/mol. The number of halogens is 1. The molecule has 3 N–H and O–H groups in total. The Labute approximate surface area is 130 Å². The topological polar surface area (TPSA) is 89.3 Å². The van der Waals surface area contributed by atoms with Gasteiger partial charge < -0.3 is 11.1 Å². The van der Waals surface area contributed by atoms with Gasteiger partial charge >= 0.3 is 0 Å². The second-order valence-corrected chi connectivity index (χ2v) is 7.18. The van der Waals surface area contributed by atoms with Crippen LogP contribution in [0.4, 0.5) is 5.69 Å². The number of sulfone groups is 1. The third-order valence-corrected chi connectivity index (χ3v) is 4.25. The Hall–Kier alpha value is -0.760. The number of thioether (sulfide) groups is 1. The lowest BCUT2D eigenvalue weighted by Crippen LogP contribution is -2.36. The Morgan fingerprint density at radius 2 is 2.10 bits per heavy atom. The van der Waals surface area contributed by atoms with Gasteiger partial charge in [-0.25, -0.2) is 8.42 Å². The Morgan fingerprint density at radius 3 is 2.65 bits per heavy atom. The van der Waals surface area contributed by atoms with Crippen molar-refractivity contribution in [2.45, 2.75) is 17.4 Å². The molecule has 0 heterocycles. The molecule has 20 heavy (non-hydrogen) atoms. The molecule has 0 radical (unpaired) electrons. The van der Waals surface area contributed by atoms with Crippen molar-refractivity contribution in [3.8, 4) is 0 Å². The van der Waals surface area contributed by atoms with Gasteiger partial charge in [0.15, 0.2) is 9.84 Å². The molecule has 0 fully saturated rings. The van der Waals surface area contributed by atoms with Crippen LogP contribution in [0.25, 0.3) is 0 Å². The summed E-state index contributed by atoms with van der Waals surface area (Å²) in [6.07, 6.45) is 3.65. The van der Waals surface area contributed by atoms with Crippen LogP contribution in [0.1, 0.15) is 6.42 Å². The molecular weight excluding hydrogens is 320 g/mol. The molecule has 114 valence electrons. The third kappa shape index (κ3) is 6.13. The lowest BCUT2D eigenvalue weighted by Gasteiger charge is -2.12. The number of amides is 1. The number of nitrogens with two attached hydrogens (primary N) is 1. The zero-order valence-corrected chi connectivity index (χ0v) is 13.8.